The molecule has 19 heavy (non-hydrogen) atoms. The zero-order valence-corrected chi connectivity index (χ0v) is 13.3. The van der Waals surface area contributed by atoms with Gasteiger partial charge in [-0.05, 0) is 18.0 Å². The molecule has 0 radical (unpaired) electrons. The standard InChI is InChI=1S/C16H26O2Si/c1-19(2,3)12-8-7-11-16(17)14-18-13-15-9-5-4-6-10-15/h4-10,16-17H,11-14H2,1-3H3/b8-7-. The maximum absolute atomic E-state index is 9.79. The van der Waals surface area contributed by atoms with Crippen LogP contribution < -0.4 is 0 Å². The molecule has 1 atom stereocenters. The molecular weight excluding hydrogens is 252 g/mol. The summed E-state index contributed by atoms with van der Waals surface area (Å²) in [5, 5.41) is 9.79. The SMILES string of the molecule is C[Si](C)(C)C/C=C\CC(O)COCc1ccccc1. The summed E-state index contributed by atoms with van der Waals surface area (Å²) in [4.78, 5) is 0. The Hall–Kier alpha value is -0.903. The third kappa shape index (κ3) is 8.75. The smallest absolute Gasteiger partial charge is 0.0808 e. The number of aliphatic hydroxyl groups is 1. The molecule has 0 aliphatic carbocycles. The molecule has 1 rings (SSSR count). The maximum atomic E-state index is 9.79. The summed E-state index contributed by atoms with van der Waals surface area (Å²) in [6.07, 6.45) is 4.56. The van der Waals surface area contributed by atoms with Gasteiger partial charge in [-0.1, -0.05) is 62.1 Å². The highest BCUT2D eigenvalue weighted by molar-refractivity contribution is 6.76. The van der Waals surface area contributed by atoms with Crippen LogP contribution in [0.2, 0.25) is 25.7 Å². The Morgan fingerprint density at radius 2 is 1.84 bits per heavy atom. The lowest BCUT2D eigenvalue weighted by Crippen LogP contribution is -2.17. The van der Waals surface area contributed by atoms with Gasteiger partial charge in [0, 0.05) is 8.07 Å². The first-order chi connectivity index (χ1) is 8.97. The van der Waals surface area contributed by atoms with Gasteiger partial charge in [0.2, 0.25) is 0 Å². The molecule has 0 aromatic heterocycles. The second-order valence-corrected chi connectivity index (χ2v) is 11.7. The number of hydrogen-bond donors (Lipinski definition) is 1. The second kappa shape index (κ2) is 8.30. The summed E-state index contributed by atoms with van der Waals surface area (Å²) < 4.78 is 5.50. The van der Waals surface area contributed by atoms with Crippen molar-refractivity contribution in [3.05, 3.63) is 48.0 Å². The lowest BCUT2D eigenvalue weighted by molar-refractivity contribution is 0.0301. The van der Waals surface area contributed by atoms with Gasteiger partial charge in [0.1, 0.15) is 0 Å². The molecule has 106 valence electrons. The molecule has 1 aromatic carbocycles. The lowest BCUT2D eigenvalue weighted by Gasteiger charge is -2.12. The zero-order valence-electron chi connectivity index (χ0n) is 12.3. The largest absolute Gasteiger partial charge is 0.390 e. The van der Waals surface area contributed by atoms with Crippen LogP contribution in [0, 0.1) is 0 Å². The molecule has 3 heteroatoms. The van der Waals surface area contributed by atoms with Crippen molar-refractivity contribution in [1.82, 2.24) is 0 Å². The minimum Gasteiger partial charge on any atom is -0.390 e. The number of ether oxygens (including phenoxy) is 1. The van der Waals surface area contributed by atoms with E-state index in [1.807, 2.05) is 30.3 Å². The third-order valence-corrected chi connectivity index (χ3v) is 4.19. The van der Waals surface area contributed by atoms with E-state index in [1.165, 1.54) is 6.04 Å². The Morgan fingerprint density at radius 3 is 2.47 bits per heavy atom. The van der Waals surface area contributed by atoms with Gasteiger partial charge in [-0.2, -0.15) is 0 Å². The van der Waals surface area contributed by atoms with Crippen LogP contribution in [0.1, 0.15) is 12.0 Å². The Balaban J connectivity index is 2.13. The van der Waals surface area contributed by atoms with Gasteiger partial charge in [0.15, 0.2) is 0 Å². The molecule has 1 N–H and O–H groups in total. The first-order valence-electron chi connectivity index (χ1n) is 6.92. The lowest BCUT2D eigenvalue weighted by atomic mass is 10.2. The number of aliphatic hydroxyl groups excluding tert-OH is 1. The summed E-state index contributed by atoms with van der Waals surface area (Å²) in [5.74, 6) is 0. The molecular formula is C16H26O2Si. The van der Waals surface area contributed by atoms with Gasteiger partial charge in [-0.15, -0.1) is 0 Å². The topological polar surface area (TPSA) is 29.5 Å². The third-order valence-electron chi connectivity index (χ3n) is 2.73. The van der Waals surface area contributed by atoms with Gasteiger partial charge in [-0.25, -0.2) is 0 Å². The van der Waals surface area contributed by atoms with Crippen molar-refractivity contribution < 1.29 is 9.84 Å². The fourth-order valence-corrected chi connectivity index (χ4v) is 2.52. The molecule has 0 aliphatic heterocycles. The van der Waals surface area contributed by atoms with Crippen molar-refractivity contribution >= 4 is 8.07 Å². The molecule has 0 aliphatic rings. The average Bonchev–Trinajstić information content (AvgIpc) is 2.35. The van der Waals surface area contributed by atoms with E-state index in [0.29, 0.717) is 19.6 Å². The quantitative estimate of drug-likeness (QED) is 0.578. The predicted molar refractivity (Wildman–Crippen MR) is 84.0 cm³/mol. The van der Waals surface area contributed by atoms with Crippen LogP contribution in [0.15, 0.2) is 42.5 Å². The van der Waals surface area contributed by atoms with Crippen LogP contribution in [0.5, 0.6) is 0 Å². The highest BCUT2D eigenvalue weighted by atomic mass is 28.3. The highest BCUT2D eigenvalue weighted by Crippen LogP contribution is 2.09. The van der Waals surface area contributed by atoms with Gasteiger partial charge < -0.3 is 9.84 Å². The van der Waals surface area contributed by atoms with Gasteiger partial charge in [0.25, 0.3) is 0 Å². The molecule has 0 saturated heterocycles. The van der Waals surface area contributed by atoms with E-state index in [9.17, 15) is 5.11 Å². The average molecular weight is 278 g/mol. The fourth-order valence-electron chi connectivity index (χ4n) is 1.65. The summed E-state index contributed by atoms with van der Waals surface area (Å²) >= 11 is 0. The molecule has 0 spiro atoms. The van der Waals surface area contributed by atoms with E-state index >= 15 is 0 Å². The van der Waals surface area contributed by atoms with E-state index in [0.717, 1.165) is 5.56 Å². The zero-order chi connectivity index (χ0) is 14.1. The minimum atomic E-state index is -0.998. The van der Waals surface area contributed by atoms with Crippen LogP contribution in [0.3, 0.4) is 0 Å². The molecule has 0 saturated carbocycles. The van der Waals surface area contributed by atoms with Crippen LogP contribution >= 0.6 is 0 Å². The van der Waals surface area contributed by atoms with E-state index in [2.05, 4.69) is 31.8 Å². The molecule has 0 bridgehead atoms. The summed E-state index contributed by atoms with van der Waals surface area (Å²) in [7, 11) is -0.998. The van der Waals surface area contributed by atoms with E-state index in [1.54, 1.807) is 0 Å². The molecule has 1 aromatic rings. The van der Waals surface area contributed by atoms with Crippen molar-refractivity contribution in [3.8, 4) is 0 Å². The molecule has 0 heterocycles. The maximum Gasteiger partial charge on any atom is 0.0808 e. The number of allylic oxidation sites excluding steroid dienone is 1. The number of rotatable bonds is 8. The molecule has 1 unspecified atom stereocenters. The first-order valence-corrected chi connectivity index (χ1v) is 10.6. The van der Waals surface area contributed by atoms with E-state index < -0.39 is 14.2 Å². The van der Waals surface area contributed by atoms with E-state index in [4.69, 9.17) is 4.74 Å². The van der Waals surface area contributed by atoms with E-state index in [-0.39, 0.29) is 0 Å². The molecule has 0 amide bonds. The summed E-state index contributed by atoms with van der Waals surface area (Å²) in [6, 6.07) is 11.2. The van der Waals surface area contributed by atoms with Crippen LogP contribution in [0.25, 0.3) is 0 Å². The van der Waals surface area contributed by atoms with Gasteiger partial charge in [0.05, 0.1) is 19.3 Å². The van der Waals surface area contributed by atoms with Crippen LogP contribution in [-0.2, 0) is 11.3 Å². The van der Waals surface area contributed by atoms with Crippen LogP contribution in [-0.4, -0.2) is 25.9 Å². The van der Waals surface area contributed by atoms with Crippen molar-refractivity contribution in [2.45, 2.75) is 44.8 Å². The van der Waals surface area contributed by atoms with Crippen molar-refractivity contribution in [3.63, 3.8) is 0 Å². The minimum absolute atomic E-state index is 0.395. The number of benzene rings is 1. The molecule has 0 fully saturated rings. The first kappa shape index (κ1) is 16.2. The predicted octanol–water partition coefficient (Wildman–Crippen LogP) is 3.85. The van der Waals surface area contributed by atoms with Crippen molar-refractivity contribution in [1.29, 1.82) is 0 Å². The summed E-state index contributed by atoms with van der Waals surface area (Å²) in [6.45, 7) is 7.99. The summed E-state index contributed by atoms with van der Waals surface area (Å²) in [5.41, 5.74) is 1.14. The Labute approximate surface area is 118 Å². The van der Waals surface area contributed by atoms with Crippen molar-refractivity contribution in [2.75, 3.05) is 6.61 Å². The Morgan fingerprint density at radius 1 is 1.16 bits per heavy atom. The fraction of sp³-hybridized carbons (Fsp3) is 0.500. The highest BCUT2D eigenvalue weighted by Gasteiger charge is 2.09. The number of hydrogen-bond acceptors (Lipinski definition) is 2. The molecule has 2 nitrogen and oxygen atoms in total. The van der Waals surface area contributed by atoms with Gasteiger partial charge >= 0.3 is 0 Å². The Kier molecular flexibility index (Phi) is 7.06. The normalized spacial score (nSPS) is 13.9. The Bertz CT molecular complexity index is 368. The van der Waals surface area contributed by atoms with Gasteiger partial charge in [-0.3, -0.25) is 0 Å². The van der Waals surface area contributed by atoms with Crippen molar-refractivity contribution in [2.24, 2.45) is 0 Å². The van der Waals surface area contributed by atoms with Crippen LogP contribution in [0.4, 0.5) is 0 Å². The monoisotopic (exact) mass is 278 g/mol. The second-order valence-electron chi connectivity index (χ2n) is 6.13.